The minimum atomic E-state index is -1.08. The van der Waals surface area contributed by atoms with Gasteiger partial charge in [0.05, 0.1) is 24.6 Å². The zero-order chi connectivity index (χ0) is 26.2. The number of methoxy groups -OCH3 is 1. The van der Waals surface area contributed by atoms with Crippen molar-refractivity contribution in [3.63, 3.8) is 0 Å². The Hall–Kier alpha value is -3.36. The number of hydrogen-bond acceptors (Lipinski definition) is 7. The topological polar surface area (TPSA) is 148 Å². The van der Waals surface area contributed by atoms with Gasteiger partial charge >= 0.3 is 11.9 Å². The summed E-state index contributed by atoms with van der Waals surface area (Å²) in [4.78, 5) is 32.3. The summed E-state index contributed by atoms with van der Waals surface area (Å²) in [6.07, 6.45) is 4.33. The van der Waals surface area contributed by atoms with E-state index in [-0.39, 0.29) is 18.4 Å². The third kappa shape index (κ3) is 7.31. The number of nitrogens with zero attached hydrogens (tertiary/aromatic N) is 2. The molecule has 0 fully saturated rings. The zero-order valence-electron chi connectivity index (χ0n) is 21.4. The molecular formula is C26H38N4O5. The van der Waals surface area contributed by atoms with Gasteiger partial charge in [0.15, 0.2) is 0 Å². The minimum Gasteiger partial charge on any atom is -0.496 e. The molecule has 0 saturated heterocycles. The molecular weight excluding hydrogens is 448 g/mol. The molecule has 0 aliphatic heterocycles. The number of aromatic nitrogens is 2. The predicted octanol–water partition coefficient (Wildman–Crippen LogP) is 4.42. The second-order valence-corrected chi connectivity index (χ2v) is 9.32. The summed E-state index contributed by atoms with van der Waals surface area (Å²) in [5.74, 6) is -0.564. The predicted molar refractivity (Wildman–Crippen MR) is 136 cm³/mol. The van der Waals surface area contributed by atoms with E-state index in [9.17, 15) is 19.8 Å². The monoisotopic (exact) mass is 486 g/mol. The summed E-state index contributed by atoms with van der Waals surface area (Å²) < 4.78 is 5.58. The van der Waals surface area contributed by atoms with Gasteiger partial charge in [0, 0.05) is 18.0 Å². The van der Waals surface area contributed by atoms with Gasteiger partial charge in [-0.2, -0.15) is 4.98 Å². The lowest BCUT2D eigenvalue weighted by atomic mass is 9.83. The number of benzene rings is 1. The summed E-state index contributed by atoms with van der Waals surface area (Å²) in [7, 11) is 1.57. The first-order valence-corrected chi connectivity index (χ1v) is 12.1. The third-order valence-electron chi connectivity index (χ3n) is 6.17. The van der Waals surface area contributed by atoms with Gasteiger partial charge in [-0.15, -0.1) is 0 Å². The molecule has 1 aromatic carbocycles. The van der Waals surface area contributed by atoms with Gasteiger partial charge in [0.1, 0.15) is 11.6 Å². The Morgan fingerprint density at radius 2 is 1.89 bits per heavy atom. The lowest BCUT2D eigenvalue weighted by molar-refractivity contribution is -0.142. The standard InChI is InChI=1S/C26H38N4O5/c1-6-8-10-18(15-22(31)32)28-23-19(20(9-7-2)29-25(27)30-23)14-16-13-17(11-12-21(16)35-5)26(3,4)24(33)34/h11-13,18H,6-10,14-15H2,1-5H3,(H,31,32)(H,33,34)(H3,27,28,29,30)/t18-/m0/s1. The van der Waals surface area contributed by atoms with Crippen molar-refractivity contribution < 1.29 is 24.5 Å². The molecule has 0 amide bonds. The van der Waals surface area contributed by atoms with E-state index in [0.29, 0.717) is 36.4 Å². The Bertz CT molecular complexity index is 1040. The van der Waals surface area contributed by atoms with Crippen LogP contribution in [0.15, 0.2) is 18.2 Å². The highest BCUT2D eigenvalue weighted by atomic mass is 16.5. The number of ether oxygens (including phenoxy) is 1. The Labute approximate surface area is 207 Å². The van der Waals surface area contributed by atoms with Gasteiger partial charge in [0.2, 0.25) is 5.95 Å². The Morgan fingerprint density at radius 3 is 2.46 bits per heavy atom. The van der Waals surface area contributed by atoms with Crippen LogP contribution < -0.4 is 15.8 Å². The van der Waals surface area contributed by atoms with Crippen molar-refractivity contribution in [3.8, 4) is 5.75 Å². The van der Waals surface area contributed by atoms with Crippen LogP contribution in [0.2, 0.25) is 0 Å². The van der Waals surface area contributed by atoms with Gasteiger partial charge < -0.3 is 26.0 Å². The van der Waals surface area contributed by atoms with Gasteiger partial charge in [-0.3, -0.25) is 9.59 Å². The van der Waals surface area contributed by atoms with Crippen molar-refractivity contribution in [1.82, 2.24) is 9.97 Å². The van der Waals surface area contributed by atoms with Gasteiger partial charge in [-0.25, -0.2) is 4.98 Å². The fourth-order valence-electron chi connectivity index (χ4n) is 4.00. The highest BCUT2D eigenvalue weighted by Crippen LogP contribution is 2.33. The number of carboxylic acid groups (broad SMARTS) is 2. The maximum atomic E-state index is 11.8. The molecule has 1 heterocycles. The van der Waals surface area contributed by atoms with Crippen LogP contribution >= 0.6 is 0 Å². The molecule has 35 heavy (non-hydrogen) atoms. The first kappa shape index (κ1) is 27.9. The number of aliphatic carboxylic acids is 2. The number of nitrogens with one attached hydrogen (secondary N) is 1. The van der Waals surface area contributed by atoms with Crippen LogP contribution in [-0.4, -0.2) is 45.3 Å². The molecule has 0 spiro atoms. The fourth-order valence-corrected chi connectivity index (χ4v) is 4.00. The number of nitrogens with two attached hydrogens (primary N) is 1. The van der Waals surface area contributed by atoms with E-state index >= 15 is 0 Å². The van der Waals surface area contributed by atoms with Crippen LogP contribution in [0.3, 0.4) is 0 Å². The maximum Gasteiger partial charge on any atom is 0.313 e. The molecule has 192 valence electrons. The van der Waals surface area contributed by atoms with Crippen molar-refractivity contribution in [1.29, 1.82) is 0 Å². The summed E-state index contributed by atoms with van der Waals surface area (Å²) in [5.41, 5.74) is 7.96. The molecule has 9 nitrogen and oxygen atoms in total. The fraction of sp³-hybridized carbons (Fsp3) is 0.538. The average Bonchev–Trinajstić information content (AvgIpc) is 2.79. The highest BCUT2D eigenvalue weighted by Gasteiger charge is 2.30. The van der Waals surface area contributed by atoms with Crippen molar-refractivity contribution in [2.45, 2.75) is 84.1 Å². The van der Waals surface area contributed by atoms with Crippen LogP contribution in [0.4, 0.5) is 11.8 Å². The highest BCUT2D eigenvalue weighted by molar-refractivity contribution is 5.80. The third-order valence-corrected chi connectivity index (χ3v) is 6.17. The second-order valence-electron chi connectivity index (χ2n) is 9.32. The molecule has 1 aromatic heterocycles. The smallest absolute Gasteiger partial charge is 0.313 e. The second kappa shape index (κ2) is 12.4. The van der Waals surface area contributed by atoms with Gasteiger partial charge in [0.25, 0.3) is 0 Å². The number of rotatable bonds is 14. The SMILES string of the molecule is CCCC[C@@H](CC(=O)O)Nc1nc(N)nc(CCC)c1Cc1cc(C(C)(C)C(=O)O)ccc1OC. The lowest BCUT2D eigenvalue weighted by Gasteiger charge is -2.23. The number of nitrogen functional groups attached to an aromatic ring is 1. The molecule has 0 radical (unpaired) electrons. The van der Waals surface area contributed by atoms with Gasteiger partial charge in [-0.05, 0) is 43.9 Å². The van der Waals surface area contributed by atoms with E-state index in [1.807, 2.05) is 13.0 Å². The van der Waals surface area contributed by atoms with E-state index < -0.39 is 17.4 Å². The Kier molecular flexibility index (Phi) is 9.86. The van der Waals surface area contributed by atoms with Crippen LogP contribution in [0, 0.1) is 0 Å². The molecule has 2 rings (SSSR count). The molecule has 0 bridgehead atoms. The van der Waals surface area contributed by atoms with Crippen molar-refractivity contribution in [2.75, 3.05) is 18.2 Å². The van der Waals surface area contributed by atoms with Crippen molar-refractivity contribution in [3.05, 3.63) is 40.6 Å². The van der Waals surface area contributed by atoms with Crippen molar-refractivity contribution >= 4 is 23.7 Å². The normalized spacial score (nSPS) is 12.3. The zero-order valence-corrected chi connectivity index (χ0v) is 21.4. The largest absolute Gasteiger partial charge is 0.496 e. The summed E-state index contributed by atoms with van der Waals surface area (Å²) in [6, 6.07) is 5.06. The molecule has 0 saturated carbocycles. The number of unbranched alkanes of at least 4 members (excludes halogenated alkanes) is 1. The first-order valence-electron chi connectivity index (χ1n) is 12.1. The van der Waals surface area contributed by atoms with Crippen LogP contribution in [-0.2, 0) is 27.8 Å². The molecule has 0 unspecified atom stereocenters. The molecule has 1 atom stereocenters. The lowest BCUT2D eigenvalue weighted by Crippen LogP contribution is -2.28. The molecule has 0 aliphatic carbocycles. The number of aryl methyl sites for hydroxylation is 1. The van der Waals surface area contributed by atoms with E-state index in [4.69, 9.17) is 10.5 Å². The van der Waals surface area contributed by atoms with Gasteiger partial charge in [-0.1, -0.05) is 45.2 Å². The number of hydrogen-bond donors (Lipinski definition) is 4. The van der Waals surface area contributed by atoms with E-state index in [1.165, 1.54) is 0 Å². The number of carboxylic acids is 2. The molecule has 9 heteroatoms. The summed E-state index contributed by atoms with van der Waals surface area (Å²) in [5, 5.41) is 22.5. The summed E-state index contributed by atoms with van der Waals surface area (Å²) in [6.45, 7) is 7.42. The average molecular weight is 487 g/mol. The van der Waals surface area contributed by atoms with E-state index in [0.717, 1.165) is 36.1 Å². The van der Waals surface area contributed by atoms with Crippen molar-refractivity contribution in [2.24, 2.45) is 0 Å². The summed E-state index contributed by atoms with van der Waals surface area (Å²) >= 11 is 0. The maximum absolute atomic E-state index is 11.8. The molecule has 2 aromatic rings. The minimum absolute atomic E-state index is 0.0436. The van der Waals surface area contributed by atoms with E-state index in [1.54, 1.807) is 33.1 Å². The molecule has 5 N–H and O–H groups in total. The Balaban J connectivity index is 2.60. The van der Waals surface area contributed by atoms with Crippen LogP contribution in [0.5, 0.6) is 5.75 Å². The number of carbonyl (C=O) groups is 2. The van der Waals surface area contributed by atoms with Crippen LogP contribution in [0.1, 0.15) is 82.2 Å². The quantitative estimate of drug-likeness (QED) is 0.304. The first-order chi connectivity index (χ1) is 16.5. The molecule has 0 aliphatic rings. The van der Waals surface area contributed by atoms with E-state index in [2.05, 4.69) is 22.2 Å². The number of anilines is 2. The Morgan fingerprint density at radius 1 is 1.17 bits per heavy atom. The van der Waals surface area contributed by atoms with Crippen LogP contribution in [0.25, 0.3) is 0 Å².